The van der Waals surface area contributed by atoms with E-state index >= 15 is 0 Å². The Bertz CT molecular complexity index is 891. The Kier molecular flexibility index (Phi) is 9.00. The van der Waals surface area contributed by atoms with Crippen molar-refractivity contribution in [3.8, 4) is 5.75 Å². The highest BCUT2D eigenvalue weighted by molar-refractivity contribution is 5.86. The molecular weight excluding hydrogens is 358 g/mol. The third-order valence-electron chi connectivity index (χ3n) is 3.15. The molecule has 2 rings (SSSR count). The molecular formula is C21H19N3O4. The number of benzene rings is 1. The molecule has 0 saturated heterocycles. The largest absolute Gasteiger partial charge is 0.476 e. The lowest BCUT2D eigenvalue weighted by molar-refractivity contribution is -0.260. The molecule has 1 aromatic carbocycles. The van der Waals surface area contributed by atoms with Gasteiger partial charge in [0.25, 0.3) is 0 Å². The van der Waals surface area contributed by atoms with Gasteiger partial charge in [-0.25, -0.2) is 4.79 Å². The molecule has 0 amide bonds. The van der Waals surface area contributed by atoms with Gasteiger partial charge in [0.1, 0.15) is 0 Å². The monoisotopic (exact) mass is 377 g/mol. The number of carboxylic acid groups (broad SMARTS) is 1. The SMILES string of the molecule is O=C(O)C1=CC=CC=CC=CC=CC=CC=Cc2ccccc2OONN=N1. The van der Waals surface area contributed by atoms with Crippen molar-refractivity contribution in [3.63, 3.8) is 0 Å². The minimum atomic E-state index is -1.23. The predicted molar refractivity (Wildman–Crippen MR) is 107 cm³/mol. The molecule has 0 aromatic heterocycles. The van der Waals surface area contributed by atoms with Crippen LogP contribution in [0.15, 0.2) is 113 Å². The quantitative estimate of drug-likeness (QED) is 0.695. The number of carbonyl (C=O) groups is 1. The summed E-state index contributed by atoms with van der Waals surface area (Å²) in [6, 6.07) is 7.21. The number of allylic oxidation sites excluding steroid dienone is 12. The van der Waals surface area contributed by atoms with Crippen molar-refractivity contribution in [1.82, 2.24) is 5.59 Å². The van der Waals surface area contributed by atoms with E-state index in [2.05, 4.69) is 15.9 Å². The van der Waals surface area contributed by atoms with E-state index in [0.717, 1.165) is 5.56 Å². The first-order chi connectivity index (χ1) is 13.8. The first-order valence-corrected chi connectivity index (χ1v) is 8.30. The van der Waals surface area contributed by atoms with Gasteiger partial charge in [-0.15, -0.1) is 10.7 Å². The van der Waals surface area contributed by atoms with Gasteiger partial charge in [0.05, 0.1) is 0 Å². The maximum absolute atomic E-state index is 11.1. The fourth-order valence-electron chi connectivity index (χ4n) is 1.88. The molecule has 142 valence electrons. The van der Waals surface area contributed by atoms with Gasteiger partial charge in [-0.1, -0.05) is 91.1 Å². The van der Waals surface area contributed by atoms with Gasteiger partial charge >= 0.3 is 5.97 Å². The van der Waals surface area contributed by atoms with E-state index in [1.54, 1.807) is 24.3 Å². The lowest BCUT2D eigenvalue weighted by atomic mass is 10.2. The third-order valence-corrected chi connectivity index (χ3v) is 3.15. The number of aliphatic carboxylic acids is 1. The van der Waals surface area contributed by atoms with Crippen LogP contribution in [0.1, 0.15) is 5.56 Å². The number of rotatable bonds is 1. The Morgan fingerprint density at radius 3 is 2.14 bits per heavy atom. The average molecular weight is 377 g/mol. The average Bonchev–Trinajstić information content (AvgIpc) is 2.69. The summed E-state index contributed by atoms with van der Waals surface area (Å²) in [4.78, 5) is 21.0. The Morgan fingerprint density at radius 2 is 1.46 bits per heavy atom. The molecule has 1 heterocycles. The Labute approximate surface area is 162 Å². The van der Waals surface area contributed by atoms with Gasteiger partial charge in [0, 0.05) is 5.56 Å². The van der Waals surface area contributed by atoms with Crippen LogP contribution in [-0.4, -0.2) is 11.1 Å². The van der Waals surface area contributed by atoms with Crippen molar-refractivity contribution in [2.24, 2.45) is 10.3 Å². The number of nitrogens with zero attached hydrogens (tertiary/aromatic N) is 2. The maximum Gasteiger partial charge on any atom is 0.356 e. The Balaban J connectivity index is 2.19. The van der Waals surface area contributed by atoms with E-state index in [1.165, 1.54) is 12.2 Å². The van der Waals surface area contributed by atoms with Crippen LogP contribution < -0.4 is 10.5 Å². The Morgan fingerprint density at radius 1 is 0.857 bits per heavy atom. The van der Waals surface area contributed by atoms with Crippen LogP contribution in [0.3, 0.4) is 0 Å². The summed E-state index contributed by atoms with van der Waals surface area (Å²) in [6.45, 7) is 0. The van der Waals surface area contributed by atoms with Gasteiger partial charge < -0.3 is 9.99 Å². The molecule has 0 radical (unpaired) electrons. The van der Waals surface area contributed by atoms with E-state index in [4.69, 9.17) is 15.0 Å². The number of para-hydroxylation sites is 1. The molecule has 0 spiro atoms. The second-order valence-electron chi connectivity index (χ2n) is 5.14. The lowest BCUT2D eigenvalue weighted by Gasteiger charge is -2.05. The highest BCUT2D eigenvalue weighted by atomic mass is 17.3. The summed E-state index contributed by atoms with van der Waals surface area (Å²) in [5, 5.41) is 16.1. The van der Waals surface area contributed by atoms with Gasteiger partial charge in [-0.3, -0.25) is 0 Å². The van der Waals surface area contributed by atoms with E-state index in [9.17, 15) is 4.79 Å². The highest BCUT2D eigenvalue weighted by Crippen LogP contribution is 2.19. The van der Waals surface area contributed by atoms with Gasteiger partial charge in [-0.2, -0.15) is 0 Å². The standard InChI is InChI=1S/C21H19N3O4/c25-21(26)19-16-11-9-7-5-3-1-2-4-6-8-10-14-18-15-12-13-17-20(18)27-28-24-23-22-19/h1-17H,(H,22,24)(H,25,26). The second-order valence-corrected chi connectivity index (χ2v) is 5.14. The van der Waals surface area contributed by atoms with Gasteiger partial charge in [-0.05, 0) is 22.4 Å². The van der Waals surface area contributed by atoms with Crippen LogP contribution in [0.2, 0.25) is 0 Å². The molecule has 2 N–H and O–H groups in total. The third kappa shape index (κ3) is 7.94. The van der Waals surface area contributed by atoms with Crippen molar-refractivity contribution >= 4 is 12.0 Å². The minimum Gasteiger partial charge on any atom is -0.476 e. The van der Waals surface area contributed by atoms with Gasteiger partial charge in [0.15, 0.2) is 11.4 Å². The van der Waals surface area contributed by atoms with Crippen LogP contribution in [0.25, 0.3) is 6.08 Å². The number of hydrogen-bond acceptors (Lipinski definition) is 6. The molecule has 1 aliphatic heterocycles. The van der Waals surface area contributed by atoms with Crippen LogP contribution in [0, 0.1) is 0 Å². The zero-order valence-corrected chi connectivity index (χ0v) is 14.9. The zero-order chi connectivity index (χ0) is 19.9. The minimum absolute atomic E-state index is 0.278. The predicted octanol–water partition coefficient (Wildman–Crippen LogP) is 4.65. The summed E-state index contributed by atoms with van der Waals surface area (Å²) < 4.78 is 0. The fraction of sp³-hybridized carbons (Fsp3) is 0. The lowest BCUT2D eigenvalue weighted by Crippen LogP contribution is -2.10. The van der Waals surface area contributed by atoms with E-state index in [1.807, 2.05) is 66.8 Å². The number of nitrogens with one attached hydrogen (secondary N) is 1. The first-order valence-electron chi connectivity index (χ1n) is 8.30. The van der Waals surface area contributed by atoms with Crippen LogP contribution in [0.4, 0.5) is 0 Å². The first kappa shape index (κ1) is 20.3. The number of carboxylic acids is 1. The van der Waals surface area contributed by atoms with Crippen LogP contribution in [0.5, 0.6) is 5.75 Å². The molecule has 0 unspecified atom stereocenters. The summed E-state index contributed by atoms with van der Waals surface area (Å²) in [6.07, 6.45) is 23.1. The molecule has 7 heteroatoms. The molecule has 0 bridgehead atoms. The van der Waals surface area contributed by atoms with E-state index < -0.39 is 5.97 Å². The number of hydrogen-bond donors (Lipinski definition) is 2. The number of fused-ring (bicyclic) bond motifs is 1. The van der Waals surface area contributed by atoms with Gasteiger partial charge in [0.2, 0.25) is 0 Å². The van der Waals surface area contributed by atoms with Crippen molar-refractivity contribution < 1.29 is 19.8 Å². The normalized spacial score (nSPS) is 15.1. The summed E-state index contributed by atoms with van der Waals surface area (Å²) in [5.41, 5.74) is 2.58. The topological polar surface area (TPSA) is 92.5 Å². The van der Waals surface area contributed by atoms with Crippen molar-refractivity contribution in [1.29, 1.82) is 0 Å². The van der Waals surface area contributed by atoms with Crippen molar-refractivity contribution in [2.75, 3.05) is 0 Å². The van der Waals surface area contributed by atoms with Crippen molar-refractivity contribution in [3.05, 3.63) is 108 Å². The summed E-state index contributed by atoms with van der Waals surface area (Å²) >= 11 is 0. The fourth-order valence-corrected chi connectivity index (χ4v) is 1.88. The molecule has 28 heavy (non-hydrogen) atoms. The zero-order valence-electron chi connectivity index (χ0n) is 14.9. The summed E-state index contributed by atoms with van der Waals surface area (Å²) in [7, 11) is 0. The Hall–Kier alpha value is -3.97. The molecule has 0 saturated carbocycles. The maximum atomic E-state index is 11.1. The molecule has 0 aliphatic carbocycles. The second kappa shape index (κ2) is 12.4. The van der Waals surface area contributed by atoms with E-state index in [0.29, 0.717) is 5.75 Å². The molecule has 1 aromatic rings. The molecule has 7 nitrogen and oxygen atoms in total. The molecule has 0 atom stereocenters. The molecule has 0 fully saturated rings. The van der Waals surface area contributed by atoms with Crippen LogP contribution >= 0.6 is 0 Å². The smallest absolute Gasteiger partial charge is 0.356 e. The van der Waals surface area contributed by atoms with E-state index in [-0.39, 0.29) is 5.70 Å². The summed E-state index contributed by atoms with van der Waals surface area (Å²) in [5.74, 6) is -0.784. The van der Waals surface area contributed by atoms with Crippen molar-refractivity contribution in [2.45, 2.75) is 0 Å². The molecule has 1 aliphatic rings. The van der Waals surface area contributed by atoms with Crippen LogP contribution in [-0.2, 0) is 9.78 Å². The highest BCUT2D eigenvalue weighted by Gasteiger charge is 2.04.